The van der Waals surface area contributed by atoms with Gasteiger partial charge in [-0.15, -0.1) is 0 Å². The average molecular weight is 383 g/mol. The van der Waals surface area contributed by atoms with Gasteiger partial charge in [0.15, 0.2) is 0 Å². The number of aromatic nitrogens is 4. The molecular formula is C15H19ClN6O4. The van der Waals surface area contributed by atoms with E-state index in [-0.39, 0.29) is 23.7 Å². The molecule has 0 aliphatic heterocycles. The molecule has 0 fully saturated rings. The Kier molecular flexibility index (Phi) is 8.58. The molecule has 140 valence electrons. The first-order valence-corrected chi connectivity index (χ1v) is 7.62. The Morgan fingerprint density at radius 2 is 1.69 bits per heavy atom. The van der Waals surface area contributed by atoms with Crippen molar-refractivity contribution in [2.24, 2.45) is 0 Å². The van der Waals surface area contributed by atoms with Crippen molar-refractivity contribution in [3.05, 3.63) is 29.1 Å². The third-order valence-corrected chi connectivity index (χ3v) is 2.92. The van der Waals surface area contributed by atoms with Crippen LogP contribution in [0.5, 0.6) is 12.0 Å². The predicted molar refractivity (Wildman–Crippen MR) is 96.7 cm³/mol. The van der Waals surface area contributed by atoms with Crippen molar-refractivity contribution < 1.29 is 19.0 Å². The van der Waals surface area contributed by atoms with Gasteiger partial charge >= 0.3 is 18.0 Å². The van der Waals surface area contributed by atoms with E-state index >= 15 is 0 Å². The number of esters is 1. The molecule has 10 nitrogen and oxygen atoms in total. The number of ether oxygens (including phenoxy) is 3. The summed E-state index contributed by atoms with van der Waals surface area (Å²) in [5.74, 6) is 0.0404. The molecule has 2 aromatic heterocycles. The molecule has 0 spiro atoms. The third-order valence-electron chi connectivity index (χ3n) is 2.63. The quantitative estimate of drug-likeness (QED) is 0.573. The molecule has 0 amide bonds. The lowest BCUT2D eigenvalue weighted by Crippen LogP contribution is -2.01. The summed E-state index contributed by atoms with van der Waals surface area (Å²) in [5, 5.41) is 0.334. The second kappa shape index (κ2) is 10.7. The number of hydrogen-bond acceptors (Lipinski definition) is 10. The number of halogens is 1. The maximum absolute atomic E-state index is 11.0. The number of anilines is 2. The van der Waals surface area contributed by atoms with Gasteiger partial charge in [-0.1, -0.05) is 11.6 Å². The van der Waals surface area contributed by atoms with E-state index in [1.165, 1.54) is 38.8 Å². The Balaban J connectivity index is 0.000000289. The minimum Gasteiger partial charge on any atom is -0.467 e. The number of carbonyl (C=O) groups excluding carboxylic acids is 1. The summed E-state index contributed by atoms with van der Waals surface area (Å²) in [4.78, 5) is 26.2. The molecule has 2 rings (SSSR count). The minimum atomic E-state index is -0.433. The molecule has 2 aromatic rings. The van der Waals surface area contributed by atoms with E-state index in [4.69, 9.17) is 32.5 Å². The maximum atomic E-state index is 11.0. The normalized spacial score (nSPS) is 10.0. The Morgan fingerprint density at radius 3 is 2.19 bits per heavy atom. The highest BCUT2D eigenvalue weighted by Crippen LogP contribution is 2.15. The lowest BCUT2D eigenvalue weighted by atomic mass is 10.3. The Morgan fingerprint density at radius 1 is 1.12 bits per heavy atom. The monoisotopic (exact) mass is 382 g/mol. The van der Waals surface area contributed by atoms with Gasteiger partial charge in [-0.05, 0) is 13.0 Å². The fourth-order valence-corrected chi connectivity index (χ4v) is 1.52. The van der Waals surface area contributed by atoms with Gasteiger partial charge in [0.2, 0.25) is 0 Å². The molecule has 0 aliphatic carbocycles. The van der Waals surface area contributed by atoms with E-state index in [2.05, 4.69) is 24.7 Å². The maximum Gasteiger partial charge on any atom is 0.330 e. The van der Waals surface area contributed by atoms with Crippen molar-refractivity contribution in [2.75, 3.05) is 32.3 Å². The zero-order chi connectivity index (χ0) is 19.5. The summed E-state index contributed by atoms with van der Waals surface area (Å²) in [6.45, 7) is 2.06. The number of nitrogens with zero attached hydrogens (tertiary/aromatic N) is 4. The van der Waals surface area contributed by atoms with E-state index in [0.717, 1.165) is 0 Å². The number of nitrogens with two attached hydrogens (primary N) is 2. The molecule has 26 heavy (non-hydrogen) atoms. The van der Waals surface area contributed by atoms with Crippen molar-refractivity contribution in [1.82, 2.24) is 19.9 Å². The van der Waals surface area contributed by atoms with Crippen LogP contribution in [0.1, 0.15) is 12.5 Å². The standard InChI is InChI=1S/C10H13N3O3.C5H6ClN3O/c1-3-16-8(14)5-4-7-6-12-10(15-2)13-9(7)11;1-10-5-8-2-3(6)4(7)9-5/h4-6H,3H2,1-2H3,(H2,11,12,13);2H,1H3,(H2,7,8,9). The smallest absolute Gasteiger partial charge is 0.330 e. The molecular weight excluding hydrogens is 364 g/mol. The number of nitrogen functional groups attached to an aromatic ring is 2. The largest absolute Gasteiger partial charge is 0.467 e. The van der Waals surface area contributed by atoms with Gasteiger partial charge in [0.05, 0.1) is 27.0 Å². The van der Waals surface area contributed by atoms with Crippen molar-refractivity contribution in [3.63, 3.8) is 0 Å². The van der Waals surface area contributed by atoms with Crippen molar-refractivity contribution in [1.29, 1.82) is 0 Å². The highest BCUT2D eigenvalue weighted by molar-refractivity contribution is 6.32. The molecule has 0 saturated heterocycles. The first-order valence-electron chi connectivity index (χ1n) is 7.24. The van der Waals surface area contributed by atoms with Crippen LogP contribution >= 0.6 is 11.6 Å². The SMILES string of the molecule is CCOC(=O)C=Cc1cnc(OC)nc1N.COc1ncc(Cl)c(N)n1. The van der Waals surface area contributed by atoms with Crippen molar-refractivity contribution in [2.45, 2.75) is 6.92 Å². The van der Waals surface area contributed by atoms with E-state index in [1.54, 1.807) is 6.92 Å². The van der Waals surface area contributed by atoms with Gasteiger partial charge in [-0.2, -0.15) is 9.97 Å². The highest BCUT2D eigenvalue weighted by Gasteiger charge is 2.02. The molecule has 0 aromatic carbocycles. The Labute approximate surface area is 155 Å². The Hall–Kier alpha value is -3.14. The van der Waals surface area contributed by atoms with Crippen molar-refractivity contribution >= 4 is 35.3 Å². The van der Waals surface area contributed by atoms with Gasteiger partial charge < -0.3 is 25.7 Å². The van der Waals surface area contributed by atoms with Gasteiger partial charge in [0.25, 0.3) is 0 Å². The van der Waals surface area contributed by atoms with Crippen LogP contribution in [0.25, 0.3) is 6.08 Å². The summed E-state index contributed by atoms with van der Waals surface area (Å²) in [6, 6.07) is 0.410. The van der Waals surface area contributed by atoms with Gasteiger partial charge in [0, 0.05) is 17.8 Å². The first-order chi connectivity index (χ1) is 12.4. The molecule has 2 heterocycles. The fourth-order valence-electron chi connectivity index (χ4n) is 1.42. The summed E-state index contributed by atoms with van der Waals surface area (Å²) in [6.07, 6.45) is 5.62. The van der Waals surface area contributed by atoms with Crippen LogP contribution in [-0.4, -0.2) is 46.7 Å². The second-order valence-corrected chi connectivity index (χ2v) is 4.78. The highest BCUT2D eigenvalue weighted by atomic mass is 35.5. The molecule has 0 unspecified atom stereocenters. The summed E-state index contributed by atoms with van der Waals surface area (Å²) in [5.41, 5.74) is 11.5. The van der Waals surface area contributed by atoms with Crippen molar-refractivity contribution in [3.8, 4) is 12.0 Å². The second-order valence-electron chi connectivity index (χ2n) is 4.37. The zero-order valence-electron chi connectivity index (χ0n) is 14.5. The first kappa shape index (κ1) is 20.9. The average Bonchev–Trinajstić information content (AvgIpc) is 2.63. The fraction of sp³-hybridized carbons (Fsp3) is 0.267. The van der Waals surface area contributed by atoms with E-state index < -0.39 is 5.97 Å². The van der Waals surface area contributed by atoms with Crippen LogP contribution in [0.2, 0.25) is 5.02 Å². The minimum absolute atomic E-state index is 0.186. The van der Waals surface area contributed by atoms with Crippen LogP contribution in [-0.2, 0) is 9.53 Å². The molecule has 0 radical (unpaired) electrons. The number of carbonyl (C=O) groups is 1. The van der Waals surface area contributed by atoms with Gasteiger partial charge in [-0.25, -0.2) is 14.8 Å². The van der Waals surface area contributed by atoms with Crippen LogP contribution < -0.4 is 20.9 Å². The molecule has 0 saturated carbocycles. The van der Waals surface area contributed by atoms with Gasteiger partial charge in [0.1, 0.15) is 16.7 Å². The number of hydrogen-bond donors (Lipinski definition) is 2. The van der Waals surface area contributed by atoms with E-state index in [9.17, 15) is 4.79 Å². The lowest BCUT2D eigenvalue weighted by molar-refractivity contribution is -0.137. The number of methoxy groups -OCH3 is 2. The summed E-state index contributed by atoms with van der Waals surface area (Å²) >= 11 is 5.53. The molecule has 0 aliphatic rings. The van der Waals surface area contributed by atoms with Crippen LogP contribution in [0, 0.1) is 0 Å². The van der Waals surface area contributed by atoms with Crippen LogP contribution in [0.15, 0.2) is 18.5 Å². The topological polar surface area (TPSA) is 148 Å². The molecule has 0 atom stereocenters. The zero-order valence-corrected chi connectivity index (χ0v) is 15.2. The summed E-state index contributed by atoms with van der Waals surface area (Å²) in [7, 11) is 2.91. The number of rotatable bonds is 5. The van der Waals surface area contributed by atoms with Gasteiger partial charge in [-0.3, -0.25) is 0 Å². The van der Waals surface area contributed by atoms with Crippen LogP contribution in [0.4, 0.5) is 11.6 Å². The molecule has 11 heteroatoms. The predicted octanol–water partition coefficient (Wildman–Crippen LogP) is 1.36. The molecule has 4 N–H and O–H groups in total. The lowest BCUT2D eigenvalue weighted by Gasteiger charge is -2.01. The van der Waals surface area contributed by atoms with Crippen LogP contribution in [0.3, 0.4) is 0 Å². The summed E-state index contributed by atoms with van der Waals surface area (Å²) < 4.78 is 14.2. The third kappa shape index (κ3) is 6.77. The van der Waals surface area contributed by atoms with E-state index in [1.807, 2.05) is 0 Å². The van der Waals surface area contributed by atoms with E-state index in [0.29, 0.717) is 17.2 Å². The molecule has 0 bridgehead atoms. The Bertz CT molecular complexity index is 772.